The van der Waals surface area contributed by atoms with Crippen LogP contribution in [0, 0.1) is 11.7 Å². The first-order chi connectivity index (χ1) is 9.11. The van der Waals surface area contributed by atoms with Crippen LogP contribution in [0.25, 0.3) is 0 Å². The second-order valence-corrected chi connectivity index (χ2v) is 4.18. The van der Waals surface area contributed by atoms with E-state index >= 15 is 0 Å². The highest BCUT2D eigenvalue weighted by Gasteiger charge is 2.02. The average molecular weight is 278 g/mol. The number of ether oxygens (including phenoxy) is 1. The summed E-state index contributed by atoms with van der Waals surface area (Å²) in [5.41, 5.74) is 0.795. The van der Waals surface area contributed by atoms with Crippen molar-refractivity contribution in [3.63, 3.8) is 0 Å². The molecule has 0 aliphatic rings. The summed E-state index contributed by atoms with van der Waals surface area (Å²) in [6, 6.07) is 5.01. The Morgan fingerprint density at radius 3 is 3.00 bits per heavy atom. The van der Waals surface area contributed by atoms with E-state index in [0.29, 0.717) is 23.0 Å². The summed E-state index contributed by atoms with van der Waals surface area (Å²) in [4.78, 5) is 0. The quantitative estimate of drug-likeness (QED) is 0.664. The van der Waals surface area contributed by atoms with Gasteiger partial charge in [0.25, 0.3) is 0 Å². The van der Waals surface area contributed by atoms with E-state index in [9.17, 15) is 5.11 Å². The van der Waals surface area contributed by atoms with Crippen molar-refractivity contribution >= 4 is 18.4 Å². The fourth-order valence-corrected chi connectivity index (χ4v) is 1.74. The smallest absolute Gasteiger partial charge is 0.216 e. The molecule has 7 heteroatoms. The molecule has 1 heterocycles. The summed E-state index contributed by atoms with van der Waals surface area (Å²) in [7, 11) is 0. The van der Waals surface area contributed by atoms with Crippen molar-refractivity contribution in [2.75, 3.05) is 6.61 Å². The zero-order valence-corrected chi connectivity index (χ0v) is 11.4. The van der Waals surface area contributed by atoms with Crippen LogP contribution in [0.4, 0.5) is 0 Å². The molecular formula is C12H14N4O2S. The molecule has 0 aliphatic carbocycles. The van der Waals surface area contributed by atoms with Crippen molar-refractivity contribution in [2.45, 2.75) is 13.8 Å². The van der Waals surface area contributed by atoms with Gasteiger partial charge in [0, 0.05) is 0 Å². The summed E-state index contributed by atoms with van der Waals surface area (Å²) in [6.45, 7) is 4.14. The Morgan fingerprint density at radius 2 is 2.37 bits per heavy atom. The number of aromatic nitrogens is 3. The van der Waals surface area contributed by atoms with Gasteiger partial charge in [-0.15, -0.1) is 0 Å². The highest BCUT2D eigenvalue weighted by atomic mass is 32.1. The molecular weight excluding hydrogens is 264 g/mol. The van der Waals surface area contributed by atoms with Crippen LogP contribution in [0.2, 0.25) is 0 Å². The number of hydrogen-bond donors (Lipinski definition) is 2. The van der Waals surface area contributed by atoms with Gasteiger partial charge in [0.2, 0.25) is 4.77 Å². The van der Waals surface area contributed by atoms with Crippen molar-refractivity contribution in [3.05, 3.63) is 34.4 Å². The van der Waals surface area contributed by atoms with Crippen LogP contribution in [-0.4, -0.2) is 32.8 Å². The third-order valence-corrected chi connectivity index (χ3v) is 2.68. The number of nitrogens with zero attached hydrogens (tertiary/aromatic N) is 3. The minimum atomic E-state index is 0.107. The highest BCUT2D eigenvalue weighted by Crippen LogP contribution is 2.26. The van der Waals surface area contributed by atoms with Gasteiger partial charge in [-0.3, -0.25) is 5.10 Å². The van der Waals surface area contributed by atoms with Crippen LogP contribution >= 0.6 is 12.2 Å². The van der Waals surface area contributed by atoms with E-state index < -0.39 is 0 Å². The van der Waals surface area contributed by atoms with E-state index in [-0.39, 0.29) is 5.75 Å². The molecule has 0 fully saturated rings. The monoisotopic (exact) mass is 278 g/mol. The Hall–Kier alpha value is -2.15. The van der Waals surface area contributed by atoms with Crippen molar-refractivity contribution in [1.29, 1.82) is 0 Å². The van der Waals surface area contributed by atoms with Gasteiger partial charge in [-0.25, -0.2) is 0 Å². The third kappa shape index (κ3) is 3.00. The molecule has 2 rings (SSSR count). The van der Waals surface area contributed by atoms with Gasteiger partial charge in [0.15, 0.2) is 11.5 Å². The molecule has 6 nitrogen and oxygen atoms in total. The van der Waals surface area contributed by atoms with Gasteiger partial charge >= 0.3 is 0 Å². The van der Waals surface area contributed by atoms with Crippen LogP contribution in [-0.2, 0) is 0 Å². The Kier molecular flexibility index (Phi) is 3.96. The molecule has 0 spiro atoms. The molecule has 0 saturated carbocycles. The molecule has 0 saturated heterocycles. The maximum atomic E-state index is 9.60. The van der Waals surface area contributed by atoms with Gasteiger partial charge in [0.1, 0.15) is 5.82 Å². The number of aromatic hydroxyl groups is 1. The third-order valence-electron chi connectivity index (χ3n) is 2.42. The Labute approximate surface area is 115 Å². The molecule has 0 atom stereocenters. The maximum Gasteiger partial charge on any atom is 0.216 e. The largest absolute Gasteiger partial charge is 0.504 e. The normalized spacial score (nSPS) is 11.1. The molecule has 0 unspecified atom stereocenters. The Balaban J connectivity index is 2.29. The summed E-state index contributed by atoms with van der Waals surface area (Å²) < 4.78 is 7.25. The van der Waals surface area contributed by atoms with Crippen LogP contribution in [0.5, 0.6) is 11.5 Å². The highest BCUT2D eigenvalue weighted by molar-refractivity contribution is 7.71. The number of phenolic OH excluding ortho intramolecular Hbond substituents is 1. The first-order valence-electron chi connectivity index (χ1n) is 5.76. The van der Waals surface area contributed by atoms with Crippen LogP contribution in [0.15, 0.2) is 23.3 Å². The predicted molar refractivity (Wildman–Crippen MR) is 74.4 cm³/mol. The molecule has 100 valence electrons. The van der Waals surface area contributed by atoms with Crippen LogP contribution in [0.3, 0.4) is 0 Å². The minimum absolute atomic E-state index is 0.107. The first kappa shape index (κ1) is 13.3. The maximum absolute atomic E-state index is 9.60. The molecule has 1 aromatic heterocycles. The lowest BCUT2D eigenvalue weighted by molar-refractivity contribution is 0.318. The number of phenols is 1. The Morgan fingerprint density at radius 1 is 1.58 bits per heavy atom. The second kappa shape index (κ2) is 5.66. The SMILES string of the molecule is CCOc1cc(/C=N/n2c(C)n[nH]c2=S)ccc1O. The average Bonchev–Trinajstić information content (AvgIpc) is 2.70. The molecule has 0 radical (unpaired) electrons. The summed E-state index contributed by atoms with van der Waals surface area (Å²) in [5, 5.41) is 20.4. The molecule has 2 N–H and O–H groups in total. The van der Waals surface area contributed by atoms with E-state index in [0.717, 1.165) is 5.56 Å². The van der Waals surface area contributed by atoms with Crippen molar-refractivity contribution < 1.29 is 9.84 Å². The molecule has 19 heavy (non-hydrogen) atoms. The van der Waals surface area contributed by atoms with E-state index in [2.05, 4.69) is 15.3 Å². The molecule has 0 bridgehead atoms. The number of nitrogens with one attached hydrogen (secondary N) is 1. The van der Waals surface area contributed by atoms with E-state index in [1.54, 1.807) is 31.3 Å². The van der Waals surface area contributed by atoms with Crippen LogP contribution < -0.4 is 4.74 Å². The zero-order valence-electron chi connectivity index (χ0n) is 10.6. The van der Waals surface area contributed by atoms with Crippen LogP contribution in [0.1, 0.15) is 18.3 Å². The minimum Gasteiger partial charge on any atom is -0.504 e. The topological polar surface area (TPSA) is 75.4 Å². The van der Waals surface area contributed by atoms with Gasteiger partial charge in [-0.2, -0.15) is 14.9 Å². The number of aryl methyl sites for hydroxylation is 1. The van der Waals surface area contributed by atoms with Crippen molar-refractivity contribution in [1.82, 2.24) is 14.9 Å². The standard InChI is InChI=1S/C12H14N4O2S/c1-3-18-11-6-9(4-5-10(11)17)7-13-16-8(2)14-15-12(16)19/h4-7,17H,3H2,1-2H3,(H,15,19)/b13-7+. The van der Waals surface area contributed by atoms with E-state index in [1.807, 2.05) is 6.92 Å². The fraction of sp³-hybridized carbons (Fsp3) is 0.250. The lowest BCUT2D eigenvalue weighted by atomic mass is 10.2. The number of benzene rings is 1. The molecule has 2 aromatic rings. The van der Waals surface area contributed by atoms with Gasteiger partial charge in [0.05, 0.1) is 12.8 Å². The second-order valence-electron chi connectivity index (χ2n) is 3.79. The number of aromatic amines is 1. The number of hydrogen-bond acceptors (Lipinski definition) is 5. The number of H-pyrrole nitrogens is 1. The first-order valence-corrected chi connectivity index (χ1v) is 6.17. The molecule has 0 amide bonds. The molecule has 0 aliphatic heterocycles. The van der Waals surface area contributed by atoms with Gasteiger partial charge < -0.3 is 9.84 Å². The predicted octanol–water partition coefficient (Wildman–Crippen LogP) is 2.24. The van der Waals surface area contributed by atoms with Crippen molar-refractivity contribution in [3.8, 4) is 11.5 Å². The van der Waals surface area contributed by atoms with Gasteiger partial charge in [-0.1, -0.05) is 0 Å². The number of rotatable bonds is 4. The fourth-order valence-electron chi connectivity index (χ4n) is 1.51. The zero-order chi connectivity index (χ0) is 13.8. The summed E-state index contributed by atoms with van der Waals surface area (Å²) >= 11 is 5.04. The van der Waals surface area contributed by atoms with Crippen molar-refractivity contribution in [2.24, 2.45) is 5.10 Å². The summed E-state index contributed by atoms with van der Waals surface area (Å²) in [6.07, 6.45) is 1.63. The van der Waals surface area contributed by atoms with Gasteiger partial charge in [-0.05, 0) is 49.8 Å². The lowest BCUT2D eigenvalue weighted by Crippen LogP contribution is -1.95. The van der Waals surface area contributed by atoms with E-state index in [4.69, 9.17) is 17.0 Å². The Bertz CT molecular complexity index is 660. The van der Waals surface area contributed by atoms with E-state index in [1.165, 1.54) is 4.68 Å². The molecule has 1 aromatic carbocycles. The lowest BCUT2D eigenvalue weighted by Gasteiger charge is -2.05. The summed E-state index contributed by atoms with van der Waals surface area (Å²) in [5.74, 6) is 1.21.